The molecule has 7 nitrogen and oxygen atoms in total. The quantitative estimate of drug-likeness (QED) is 0.325. The van der Waals surface area contributed by atoms with Crippen LogP contribution in [0.5, 0.6) is 0 Å². The highest BCUT2D eigenvalue weighted by atomic mass is 35.5. The zero-order valence-electron chi connectivity index (χ0n) is 16.4. The van der Waals surface area contributed by atoms with Crippen LogP contribution in [0.4, 0.5) is 10.5 Å². The monoisotopic (exact) mass is 402 g/mol. The number of anilines is 1. The Balaban J connectivity index is 1.75. The minimum atomic E-state index is -0.207. The fourth-order valence-electron chi connectivity index (χ4n) is 2.42. The molecule has 0 saturated heterocycles. The molecule has 8 heteroatoms. The van der Waals surface area contributed by atoms with Gasteiger partial charge in [-0.1, -0.05) is 29.8 Å². The van der Waals surface area contributed by atoms with Gasteiger partial charge in [-0.3, -0.25) is 4.99 Å². The van der Waals surface area contributed by atoms with E-state index in [9.17, 15) is 4.79 Å². The Hall–Kier alpha value is -2.80. The second-order valence-corrected chi connectivity index (χ2v) is 6.93. The van der Waals surface area contributed by atoms with Crippen LogP contribution < -0.4 is 21.3 Å². The summed E-state index contributed by atoms with van der Waals surface area (Å²) in [7, 11) is 1.74. The van der Waals surface area contributed by atoms with Crippen LogP contribution in [0.3, 0.4) is 0 Å². The lowest BCUT2D eigenvalue weighted by Gasteiger charge is -2.13. The second-order valence-electron chi connectivity index (χ2n) is 6.54. The number of carbonyl (C=O) groups is 1. The predicted molar refractivity (Wildman–Crippen MR) is 115 cm³/mol. The van der Waals surface area contributed by atoms with Crippen molar-refractivity contribution < 1.29 is 4.79 Å². The molecule has 1 heterocycles. The van der Waals surface area contributed by atoms with Crippen molar-refractivity contribution in [2.24, 2.45) is 4.99 Å². The van der Waals surface area contributed by atoms with Crippen LogP contribution in [0.2, 0.25) is 5.15 Å². The molecule has 0 spiro atoms. The fraction of sp³-hybridized carbons (Fsp3) is 0.350. The molecular weight excluding hydrogens is 376 g/mol. The highest BCUT2D eigenvalue weighted by Gasteiger charge is 2.04. The molecule has 2 rings (SSSR count). The van der Waals surface area contributed by atoms with Gasteiger partial charge in [0.05, 0.1) is 0 Å². The van der Waals surface area contributed by atoms with Crippen LogP contribution in [0.25, 0.3) is 0 Å². The van der Waals surface area contributed by atoms with Crippen molar-refractivity contribution in [3.05, 3.63) is 58.9 Å². The predicted octanol–water partition coefficient (Wildman–Crippen LogP) is 3.17. The Morgan fingerprint density at radius 2 is 1.82 bits per heavy atom. The summed E-state index contributed by atoms with van der Waals surface area (Å²) in [6, 6.07) is 11.3. The smallest absolute Gasteiger partial charge is 0.319 e. The maximum absolute atomic E-state index is 11.7. The minimum Gasteiger partial charge on any atom is -0.356 e. The van der Waals surface area contributed by atoms with Crippen LogP contribution >= 0.6 is 11.6 Å². The lowest BCUT2D eigenvalue weighted by atomic mass is 10.2. The normalized spacial score (nSPS) is 11.2. The number of urea groups is 1. The van der Waals surface area contributed by atoms with Crippen LogP contribution in [0.15, 0.2) is 47.6 Å². The van der Waals surface area contributed by atoms with Crippen LogP contribution in [0, 0.1) is 0 Å². The van der Waals surface area contributed by atoms with Crippen molar-refractivity contribution >= 4 is 29.3 Å². The van der Waals surface area contributed by atoms with Gasteiger partial charge in [0.25, 0.3) is 0 Å². The van der Waals surface area contributed by atoms with E-state index >= 15 is 0 Å². The molecule has 0 radical (unpaired) electrons. The number of pyridine rings is 1. The van der Waals surface area contributed by atoms with Crippen molar-refractivity contribution in [1.82, 2.24) is 20.9 Å². The van der Waals surface area contributed by atoms with Gasteiger partial charge in [0.1, 0.15) is 5.15 Å². The third kappa shape index (κ3) is 7.84. The third-order valence-corrected chi connectivity index (χ3v) is 4.03. The van der Waals surface area contributed by atoms with Gasteiger partial charge < -0.3 is 21.3 Å². The number of hydrogen-bond acceptors (Lipinski definition) is 3. The van der Waals surface area contributed by atoms with Crippen molar-refractivity contribution in [2.75, 3.05) is 18.9 Å². The van der Waals surface area contributed by atoms with E-state index in [4.69, 9.17) is 11.6 Å². The molecule has 0 saturated carbocycles. The van der Waals surface area contributed by atoms with Crippen molar-refractivity contribution in [3.8, 4) is 0 Å². The van der Waals surface area contributed by atoms with Gasteiger partial charge in [0.2, 0.25) is 0 Å². The van der Waals surface area contributed by atoms with E-state index in [-0.39, 0.29) is 12.1 Å². The van der Waals surface area contributed by atoms with E-state index < -0.39 is 0 Å². The molecule has 1 aromatic carbocycles. The molecule has 0 aliphatic heterocycles. The summed E-state index contributed by atoms with van der Waals surface area (Å²) < 4.78 is 0. The number of rotatable bonds is 7. The molecular formula is C20H27ClN6O. The van der Waals surface area contributed by atoms with E-state index in [1.54, 1.807) is 19.3 Å². The number of nitrogens with one attached hydrogen (secondary N) is 4. The number of carbonyl (C=O) groups excluding carboxylic acids is 1. The number of amides is 2. The average Bonchev–Trinajstić information content (AvgIpc) is 2.66. The van der Waals surface area contributed by atoms with E-state index in [1.165, 1.54) is 0 Å². The average molecular weight is 403 g/mol. The summed E-state index contributed by atoms with van der Waals surface area (Å²) in [6.45, 7) is 5.20. The molecule has 1 aromatic heterocycles. The Bertz CT molecular complexity index is 774. The molecule has 150 valence electrons. The standard InChI is InChI=1S/C20H27ClN6O/c1-14(2)26-20(28)27-17-7-4-15(5-8-17)13-25-19(22-3)23-11-10-16-6-9-18(21)24-12-16/h4-9,12,14H,10-11,13H2,1-3H3,(H2,22,23,25)(H2,26,27,28). The molecule has 4 N–H and O–H groups in total. The molecule has 28 heavy (non-hydrogen) atoms. The van der Waals surface area contributed by atoms with Gasteiger partial charge in [-0.25, -0.2) is 9.78 Å². The molecule has 0 atom stereocenters. The van der Waals surface area contributed by atoms with E-state index in [0.29, 0.717) is 11.7 Å². The van der Waals surface area contributed by atoms with Gasteiger partial charge >= 0.3 is 6.03 Å². The first kappa shape index (κ1) is 21.5. The molecule has 0 unspecified atom stereocenters. The van der Waals surface area contributed by atoms with E-state index in [2.05, 4.69) is 31.2 Å². The Morgan fingerprint density at radius 1 is 1.11 bits per heavy atom. The number of aliphatic imine (C=N–C) groups is 1. The van der Waals surface area contributed by atoms with Crippen molar-refractivity contribution in [3.63, 3.8) is 0 Å². The summed E-state index contributed by atoms with van der Waals surface area (Å²) >= 11 is 5.79. The first-order valence-corrected chi connectivity index (χ1v) is 9.55. The number of halogens is 1. The van der Waals surface area contributed by atoms with E-state index in [1.807, 2.05) is 44.2 Å². The van der Waals surface area contributed by atoms with Gasteiger partial charge in [-0.05, 0) is 49.6 Å². The Morgan fingerprint density at radius 3 is 2.43 bits per heavy atom. The number of nitrogens with zero attached hydrogens (tertiary/aromatic N) is 2. The molecule has 0 fully saturated rings. The van der Waals surface area contributed by atoms with Crippen LogP contribution in [-0.4, -0.2) is 36.6 Å². The first-order chi connectivity index (χ1) is 13.5. The van der Waals surface area contributed by atoms with Crippen molar-refractivity contribution in [1.29, 1.82) is 0 Å². The number of guanidine groups is 1. The Labute approximate surface area is 171 Å². The molecule has 0 bridgehead atoms. The fourth-order valence-corrected chi connectivity index (χ4v) is 2.53. The van der Waals surface area contributed by atoms with E-state index in [0.717, 1.165) is 35.7 Å². The topological polar surface area (TPSA) is 90.4 Å². The molecule has 0 aliphatic rings. The molecule has 2 aromatic rings. The summed E-state index contributed by atoms with van der Waals surface area (Å²) in [5, 5.41) is 12.6. The van der Waals surface area contributed by atoms with Gasteiger partial charge in [-0.15, -0.1) is 0 Å². The van der Waals surface area contributed by atoms with Crippen LogP contribution in [-0.2, 0) is 13.0 Å². The van der Waals surface area contributed by atoms with Gasteiger partial charge in [-0.2, -0.15) is 0 Å². The number of aromatic nitrogens is 1. The minimum absolute atomic E-state index is 0.0960. The summed E-state index contributed by atoms with van der Waals surface area (Å²) in [5.74, 6) is 0.723. The van der Waals surface area contributed by atoms with Gasteiger partial charge in [0.15, 0.2) is 5.96 Å². The Kier molecular flexibility index (Phi) is 8.55. The zero-order valence-corrected chi connectivity index (χ0v) is 17.2. The van der Waals surface area contributed by atoms with Crippen LogP contribution in [0.1, 0.15) is 25.0 Å². The highest BCUT2D eigenvalue weighted by molar-refractivity contribution is 6.29. The largest absolute Gasteiger partial charge is 0.356 e. The molecule has 0 aliphatic carbocycles. The second kappa shape index (κ2) is 11.1. The maximum atomic E-state index is 11.7. The highest BCUT2D eigenvalue weighted by Crippen LogP contribution is 2.09. The SMILES string of the molecule is CN=C(NCCc1ccc(Cl)nc1)NCc1ccc(NC(=O)NC(C)C)cc1. The first-order valence-electron chi connectivity index (χ1n) is 9.17. The summed E-state index contributed by atoms with van der Waals surface area (Å²) in [4.78, 5) is 20.0. The third-order valence-electron chi connectivity index (χ3n) is 3.81. The zero-order chi connectivity index (χ0) is 20.4. The lowest BCUT2D eigenvalue weighted by molar-refractivity contribution is 0.250. The number of hydrogen-bond donors (Lipinski definition) is 4. The number of benzene rings is 1. The maximum Gasteiger partial charge on any atom is 0.319 e. The lowest BCUT2D eigenvalue weighted by Crippen LogP contribution is -2.37. The van der Waals surface area contributed by atoms with Gasteiger partial charge in [0, 0.05) is 38.1 Å². The summed E-state index contributed by atoms with van der Waals surface area (Å²) in [6.07, 6.45) is 2.60. The summed E-state index contributed by atoms with van der Waals surface area (Å²) in [5.41, 5.74) is 2.94. The molecule has 2 amide bonds. The van der Waals surface area contributed by atoms with Crippen molar-refractivity contribution in [2.45, 2.75) is 32.9 Å².